The summed E-state index contributed by atoms with van der Waals surface area (Å²) in [5.74, 6) is -0.716. The van der Waals surface area contributed by atoms with Gasteiger partial charge in [-0.1, -0.05) is 24.6 Å². The van der Waals surface area contributed by atoms with Crippen molar-refractivity contribution in [1.82, 2.24) is 15.5 Å². The van der Waals surface area contributed by atoms with Crippen LogP contribution in [0.3, 0.4) is 0 Å². The van der Waals surface area contributed by atoms with E-state index in [0.717, 1.165) is 17.7 Å². The highest BCUT2D eigenvalue weighted by Gasteiger charge is 2.11. The molecule has 0 atom stereocenters. The Morgan fingerprint density at radius 3 is 2.21 bits per heavy atom. The van der Waals surface area contributed by atoms with E-state index in [4.69, 9.17) is 0 Å². The third-order valence-corrected chi connectivity index (χ3v) is 3.18. The number of rotatable bonds is 9. The molecule has 0 fully saturated rings. The van der Waals surface area contributed by atoms with Crippen LogP contribution in [0.5, 0.6) is 0 Å². The fraction of sp³-hybridized carbons (Fsp3) is 0.471. The number of carbonyl (C=O) groups is 3. The number of nitrogens with one attached hydrogen (secondary N) is 3. The molecule has 3 N–H and O–H groups in total. The molecule has 0 spiro atoms. The van der Waals surface area contributed by atoms with Crippen LogP contribution in [0.2, 0.25) is 0 Å². The van der Waals surface area contributed by atoms with Gasteiger partial charge in [0.1, 0.15) is 0 Å². The molecule has 0 aliphatic carbocycles. The van der Waals surface area contributed by atoms with Crippen LogP contribution in [0.15, 0.2) is 24.3 Å². The first-order valence-corrected chi connectivity index (χ1v) is 7.99. The molecule has 7 heteroatoms. The van der Waals surface area contributed by atoms with Crippen LogP contribution < -0.4 is 16.0 Å². The van der Waals surface area contributed by atoms with Gasteiger partial charge in [0.15, 0.2) is 0 Å². The van der Waals surface area contributed by atoms with Crippen molar-refractivity contribution in [2.45, 2.75) is 20.3 Å². The molecule has 0 saturated heterocycles. The number of aryl methyl sites for hydroxylation is 1. The number of amides is 3. The highest BCUT2D eigenvalue weighted by atomic mass is 16.2. The average molecular weight is 334 g/mol. The molecule has 0 radical (unpaired) electrons. The summed E-state index contributed by atoms with van der Waals surface area (Å²) in [6.07, 6.45) is 0.846. The van der Waals surface area contributed by atoms with Gasteiger partial charge in [-0.05, 0) is 32.5 Å². The molecule has 0 aliphatic heterocycles. The molecule has 1 aromatic rings. The van der Waals surface area contributed by atoms with Crippen molar-refractivity contribution in [3.8, 4) is 0 Å². The van der Waals surface area contributed by atoms with E-state index in [9.17, 15) is 14.4 Å². The molecule has 1 aromatic carbocycles. The third kappa shape index (κ3) is 8.28. The normalized spacial score (nSPS) is 10.3. The molecule has 0 unspecified atom stereocenters. The Balaban J connectivity index is 2.27. The van der Waals surface area contributed by atoms with Crippen molar-refractivity contribution >= 4 is 23.4 Å². The van der Waals surface area contributed by atoms with Crippen LogP contribution in [0.4, 0.5) is 5.69 Å². The second-order valence-electron chi connectivity index (χ2n) is 5.71. The van der Waals surface area contributed by atoms with Crippen LogP contribution in [-0.2, 0) is 14.4 Å². The Morgan fingerprint density at radius 2 is 1.58 bits per heavy atom. The number of hydrogen-bond donors (Lipinski definition) is 3. The van der Waals surface area contributed by atoms with Crippen molar-refractivity contribution < 1.29 is 14.4 Å². The molecular formula is C17H26N4O3. The Labute approximate surface area is 142 Å². The molecule has 3 amide bonds. The van der Waals surface area contributed by atoms with E-state index in [-0.39, 0.29) is 37.4 Å². The molecule has 0 bridgehead atoms. The number of likely N-dealkylation sites (N-methyl/N-ethyl adjacent to an activating group) is 1. The maximum absolute atomic E-state index is 11.9. The SMILES string of the molecule is CCCNC(=O)CNC(=O)CN(C)CC(=O)Nc1ccc(C)cc1. The van der Waals surface area contributed by atoms with Crippen molar-refractivity contribution in [2.75, 3.05) is 38.5 Å². The highest BCUT2D eigenvalue weighted by molar-refractivity contribution is 5.92. The van der Waals surface area contributed by atoms with Crippen LogP contribution in [0.25, 0.3) is 0 Å². The Bertz CT molecular complexity index is 557. The second kappa shape index (κ2) is 10.4. The van der Waals surface area contributed by atoms with E-state index in [1.165, 1.54) is 0 Å². The first-order valence-electron chi connectivity index (χ1n) is 7.99. The molecule has 0 heterocycles. The number of benzene rings is 1. The zero-order chi connectivity index (χ0) is 17.9. The number of nitrogens with zero attached hydrogens (tertiary/aromatic N) is 1. The van der Waals surface area contributed by atoms with Gasteiger partial charge in [-0.3, -0.25) is 19.3 Å². The molecule has 0 saturated carbocycles. The van der Waals surface area contributed by atoms with E-state index in [0.29, 0.717) is 6.54 Å². The minimum absolute atomic E-state index is 0.0440. The molecule has 0 aromatic heterocycles. The van der Waals surface area contributed by atoms with Crippen molar-refractivity contribution in [3.63, 3.8) is 0 Å². The van der Waals surface area contributed by atoms with Gasteiger partial charge in [0, 0.05) is 12.2 Å². The summed E-state index contributed by atoms with van der Waals surface area (Å²) < 4.78 is 0. The third-order valence-electron chi connectivity index (χ3n) is 3.18. The van der Waals surface area contributed by atoms with E-state index in [1.54, 1.807) is 11.9 Å². The fourth-order valence-electron chi connectivity index (χ4n) is 1.95. The number of carbonyl (C=O) groups excluding carboxylic acids is 3. The molecule has 1 rings (SSSR count). The van der Waals surface area contributed by atoms with Crippen LogP contribution in [0, 0.1) is 6.92 Å². The van der Waals surface area contributed by atoms with Gasteiger partial charge in [-0.25, -0.2) is 0 Å². The molecule has 24 heavy (non-hydrogen) atoms. The predicted molar refractivity (Wildman–Crippen MR) is 93.6 cm³/mol. The van der Waals surface area contributed by atoms with Crippen LogP contribution in [0.1, 0.15) is 18.9 Å². The molecule has 132 valence electrons. The summed E-state index contributed by atoms with van der Waals surface area (Å²) in [5.41, 5.74) is 1.83. The summed E-state index contributed by atoms with van der Waals surface area (Å²) >= 11 is 0. The van der Waals surface area contributed by atoms with Crippen LogP contribution in [-0.4, -0.2) is 55.8 Å². The molecule has 0 aliphatic rings. The zero-order valence-corrected chi connectivity index (χ0v) is 14.5. The van der Waals surface area contributed by atoms with Gasteiger partial charge in [0.2, 0.25) is 17.7 Å². The van der Waals surface area contributed by atoms with Gasteiger partial charge < -0.3 is 16.0 Å². The Kier molecular flexibility index (Phi) is 8.49. The van der Waals surface area contributed by atoms with Gasteiger partial charge in [0.25, 0.3) is 0 Å². The van der Waals surface area contributed by atoms with Crippen LogP contribution >= 0.6 is 0 Å². The first-order chi connectivity index (χ1) is 11.4. The Morgan fingerprint density at radius 1 is 0.958 bits per heavy atom. The standard InChI is InChI=1S/C17H26N4O3/c1-4-9-18-15(22)10-19-16(23)11-21(3)12-17(24)20-14-7-5-13(2)6-8-14/h5-8H,4,9-12H2,1-3H3,(H,18,22)(H,19,23)(H,20,24). The molecule has 7 nitrogen and oxygen atoms in total. The van der Waals surface area contributed by atoms with E-state index in [2.05, 4.69) is 16.0 Å². The lowest BCUT2D eigenvalue weighted by Gasteiger charge is -2.16. The summed E-state index contributed by atoms with van der Waals surface area (Å²) in [6, 6.07) is 7.48. The lowest BCUT2D eigenvalue weighted by atomic mass is 10.2. The maximum atomic E-state index is 11.9. The summed E-state index contributed by atoms with van der Waals surface area (Å²) in [6.45, 7) is 4.59. The van der Waals surface area contributed by atoms with E-state index < -0.39 is 0 Å². The van der Waals surface area contributed by atoms with E-state index in [1.807, 2.05) is 38.1 Å². The van der Waals surface area contributed by atoms with Gasteiger partial charge in [-0.2, -0.15) is 0 Å². The quantitative estimate of drug-likeness (QED) is 0.614. The minimum atomic E-state index is -0.299. The second-order valence-corrected chi connectivity index (χ2v) is 5.71. The average Bonchev–Trinajstić information content (AvgIpc) is 2.52. The zero-order valence-electron chi connectivity index (χ0n) is 14.5. The summed E-state index contributed by atoms with van der Waals surface area (Å²) in [5, 5.41) is 7.97. The largest absolute Gasteiger partial charge is 0.355 e. The summed E-state index contributed by atoms with van der Waals surface area (Å²) in [4.78, 5) is 36.6. The smallest absolute Gasteiger partial charge is 0.239 e. The van der Waals surface area contributed by atoms with Crippen molar-refractivity contribution in [2.24, 2.45) is 0 Å². The van der Waals surface area contributed by atoms with Crippen molar-refractivity contribution in [1.29, 1.82) is 0 Å². The lowest BCUT2D eigenvalue weighted by molar-refractivity contribution is -0.127. The van der Waals surface area contributed by atoms with Crippen molar-refractivity contribution in [3.05, 3.63) is 29.8 Å². The Hall–Kier alpha value is -2.41. The first kappa shape index (κ1) is 19.6. The fourth-order valence-corrected chi connectivity index (χ4v) is 1.95. The monoisotopic (exact) mass is 334 g/mol. The number of anilines is 1. The summed E-state index contributed by atoms with van der Waals surface area (Å²) in [7, 11) is 1.67. The molecular weight excluding hydrogens is 308 g/mol. The van der Waals surface area contributed by atoms with Gasteiger partial charge in [-0.15, -0.1) is 0 Å². The minimum Gasteiger partial charge on any atom is -0.355 e. The highest BCUT2D eigenvalue weighted by Crippen LogP contribution is 2.08. The van der Waals surface area contributed by atoms with Gasteiger partial charge in [0.05, 0.1) is 19.6 Å². The predicted octanol–water partition coefficient (Wildman–Crippen LogP) is 0.508. The lowest BCUT2D eigenvalue weighted by Crippen LogP contribution is -2.42. The van der Waals surface area contributed by atoms with E-state index >= 15 is 0 Å². The van der Waals surface area contributed by atoms with Gasteiger partial charge >= 0.3 is 0 Å². The maximum Gasteiger partial charge on any atom is 0.239 e. The topological polar surface area (TPSA) is 90.5 Å². The number of hydrogen-bond acceptors (Lipinski definition) is 4.